The summed E-state index contributed by atoms with van der Waals surface area (Å²) in [6.45, 7) is 8.92. The van der Waals surface area contributed by atoms with Gasteiger partial charge in [0.05, 0.1) is 6.61 Å². The minimum absolute atomic E-state index is 0.0206. The molecular formula is C14H19BrO2. The van der Waals surface area contributed by atoms with Crippen molar-refractivity contribution in [1.82, 2.24) is 0 Å². The zero-order valence-corrected chi connectivity index (χ0v) is 12.4. The summed E-state index contributed by atoms with van der Waals surface area (Å²) in [6, 6.07) is 4.13. The largest absolute Gasteiger partial charge is 0.493 e. The normalized spacial score (nSPS) is 11.4. The molecule has 0 unspecified atom stereocenters. The quantitative estimate of drug-likeness (QED) is 0.620. The van der Waals surface area contributed by atoms with Crippen molar-refractivity contribution in [3.05, 3.63) is 27.7 Å². The van der Waals surface area contributed by atoms with E-state index in [9.17, 15) is 4.79 Å². The topological polar surface area (TPSA) is 26.3 Å². The molecular weight excluding hydrogens is 280 g/mol. The Balaban J connectivity index is 3.08. The molecule has 0 heterocycles. The van der Waals surface area contributed by atoms with Crippen molar-refractivity contribution in [2.75, 3.05) is 6.61 Å². The van der Waals surface area contributed by atoms with Crippen LogP contribution in [-0.4, -0.2) is 12.9 Å². The van der Waals surface area contributed by atoms with E-state index in [1.807, 2.05) is 13.0 Å². The number of hydrogen-bond donors (Lipinski definition) is 0. The van der Waals surface area contributed by atoms with Gasteiger partial charge in [0, 0.05) is 16.5 Å². The van der Waals surface area contributed by atoms with Gasteiger partial charge in [-0.1, -0.05) is 36.7 Å². The number of aryl methyl sites for hydroxylation is 1. The zero-order valence-electron chi connectivity index (χ0n) is 10.8. The molecule has 0 N–H and O–H groups in total. The number of rotatable bonds is 4. The van der Waals surface area contributed by atoms with Gasteiger partial charge in [0.25, 0.3) is 0 Å². The Bertz CT molecular complexity index is 405. The molecule has 0 radical (unpaired) electrons. The predicted octanol–water partition coefficient (Wildman–Crippen LogP) is 4.02. The lowest BCUT2D eigenvalue weighted by Crippen LogP contribution is -2.14. The molecule has 0 saturated heterocycles. The number of ether oxygens (including phenoxy) is 1. The number of benzene rings is 1. The minimum Gasteiger partial charge on any atom is -0.493 e. The van der Waals surface area contributed by atoms with E-state index in [0.29, 0.717) is 13.0 Å². The van der Waals surface area contributed by atoms with Gasteiger partial charge in [0.2, 0.25) is 0 Å². The molecule has 17 heavy (non-hydrogen) atoms. The lowest BCUT2D eigenvalue weighted by atomic mass is 9.86. The first-order chi connectivity index (χ1) is 7.86. The monoisotopic (exact) mass is 298 g/mol. The van der Waals surface area contributed by atoms with E-state index in [0.717, 1.165) is 27.6 Å². The lowest BCUT2D eigenvalue weighted by molar-refractivity contribution is -0.108. The lowest BCUT2D eigenvalue weighted by Gasteiger charge is -2.23. The fourth-order valence-corrected chi connectivity index (χ4v) is 1.92. The Morgan fingerprint density at radius 1 is 1.35 bits per heavy atom. The van der Waals surface area contributed by atoms with Crippen LogP contribution >= 0.6 is 15.9 Å². The van der Waals surface area contributed by atoms with E-state index < -0.39 is 0 Å². The van der Waals surface area contributed by atoms with E-state index in [4.69, 9.17) is 4.74 Å². The van der Waals surface area contributed by atoms with Gasteiger partial charge in [-0.25, -0.2) is 0 Å². The molecule has 0 aliphatic heterocycles. The van der Waals surface area contributed by atoms with Crippen LogP contribution in [-0.2, 0) is 10.2 Å². The van der Waals surface area contributed by atoms with Crippen LogP contribution in [0.4, 0.5) is 0 Å². The first-order valence-corrected chi connectivity index (χ1v) is 6.52. The summed E-state index contributed by atoms with van der Waals surface area (Å²) in [7, 11) is 0. The molecule has 0 bridgehead atoms. The van der Waals surface area contributed by atoms with Crippen molar-refractivity contribution in [2.24, 2.45) is 0 Å². The Hall–Kier alpha value is -0.830. The smallest absolute Gasteiger partial charge is 0.123 e. The van der Waals surface area contributed by atoms with Gasteiger partial charge >= 0.3 is 0 Å². The second-order valence-corrected chi connectivity index (χ2v) is 6.01. The number of hydrogen-bond acceptors (Lipinski definition) is 2. The van der Waals surface area contributed by atoms with Gasteiger partial charge in [-0.3, -0.25) is 0 Å². The Labute approximate surface area is 111 Å². The van der Waals surface area contributed by atoms with Gasteiger partial charge < -0.3 is 9.53 Å². The van der Waals surface area contributed by atoms with Gasteiger partial charge in [-0.15, -0.1) is 0 Å². The highest BCUT2D eigenvalue weighted by Crippen LogP contribution is 2.35. The van der Waals surface area contributed by atoms with Crippen LogP contribution in [0.15, 0.2) is 16.6 Å². The summed E-state index contributed by atoms with van der Waals surface area (Å²) < 4.78 is 6.78. The summed E-state index contributed by atoms with van der Waals surface area (Å²) in [5, 5.41) is 0. The Morgan fingerprint density at radius 2 is 2.00 bits per heavy atom. The van der Waals surface area contributed by atoms with Crippen LogP contribution in [0.2, 0.25) is 0 Å². The molecule has 3 heteroatoms. The maximum atomic E-state index is 10.3. The second kappa shape index (κ2) is 5.67. The van der Waals surface area contributed by atoms with E-state index in [2.05, 4.69) is 42.8 Å². The number of aldehydes is 1. The first kappa shape index (κ1) is 14.2. The summed E-state index contributed by atoms with van der Waals surface area (Å²) in [5.41, 5.74) is 2.31. The second-order valence-electron chi connectivity index (χ2n) is 5.15. The predicted molar refractivity (Wildman–Crippen MR) is 73.8 cm³/mol. The van der Waals surface area contributed by atoms with Crippen LogP contribution in [0.3, 0.4) is 0 Å². The van der Waals surface area contributed by atoms with Crippen LogP contribution in [0.1, 0.15) is 38.3 Å². The van der Waals surface area contributed by atoms with Crippen molar-refractivity contribution < 1.29 is 9.53 Å². The van der Waals surface area contributed by atoms with Gasteiger partial charge in [0.15, 0.2) is 0 Å². The standard InChI is InChI=1S/C14H19BrO2/c1-10-8-13(17-7-5-6-16)11(9-12(10)15)14(2,3)4/h6,8-9H,5,7H2,1-4H3. The third kappa shape index (κ3) is 3.84. The van der Waals surface area contributed by atoms with Crippen molar-refractivity contribution in [3.8, 4) is 5.75 Å². The third-order valence-corrected chi connectivity index (χ3v) is 3.42. The van der Waals surface area contributed by atoms with E-state index in [1.54, 1.807) is 0 Å². The average molecular weight is 299 g/mol. The Morgan fingerprint density at radius 3 is 2.53 bits per heavy atom. The molecule has 0 saturated carbocycles. The molecule has 0 atom stereocenters. The molecule has 0 aliphatic rings. The summed E-state index contributed by atoms with van der Waals surface area (Å²) >= 11 is 3.54. The van der Waals surface area contributed by atoms with Crippen LogP contribution < -0.4 is 4.74 Å². The first-order valence-electron chi connectivity index (χ1n) is 5.73. The van der Waals surface area contributed by atoms with Crippen LogP contribution in [0.25, 0.3) is 0 Å². The van der Waals surface area contributed by atoms with Crippen molar-refractivity contribution in [3.63, 3.8) is 0 Å². The van der Waals surface area contributed by atoms with Crippen molar-refractivity contribution >= 4 is 22.2 Å². The number of halogens is 1. The van der Waals surface area contributed by atoms with Gasteiger partial charge in [0.1, 0.15) is 12.0 Å². The highest BCUT2D eigenvalue weighted by Gasteiger charge is 2.20. The molecule has 0 aromatic heterocycles. The average Bonchev–Trinajstić information content (AvgIpc) is 2.21. The number of carbonyl (C=O) groups excluding carboxylic acids is 1. The van der Waals surface area contributed by atoms with Crippen LogP contribution in [0, 0.1) is 6.92 Å². The van der Waals surface area contributed by atoms with Gasteiger partial charge in [-0.05, 0) is 30.0 Å². The fraction of sp³-hybridized carbons (Fsp3) is 0.500. The molecule has 1 aromatic rings. The van der Waals surface area contributed by atoms with E-state index in [1.165, 1.54) is 0 Å². The van der Waals surface area contributed by atoms with Crippen molar-refractivity contribution in [1.29, 1.82) is 0 Å². The fourth-order valence-electron chi connectivity index (χ4n) is 1.58. The summed E-state index contributed by atoms with van der Waals surface area (Å²) in [6.07, 6.45) is 1.31. The molecule has 0 amide bonds. The molecule has 1 rings (SSSR count). The molecule has 2 nitrogen and oxygen atoms in total. The molecule has 0 spiro atoms. The van der Waals surface area contributed by atoms with E-state index >= 15 is 0 Å². The summed E-state index contributed by atoms with van der Waals surface area (Å²) in [5.74, 6) is 0.875. The minimum atomic E-state index is 0.0206. The molecule has 1 aromatic carbocycles. The highest BCUT2D eigenvalue weighted by molar-refractivity contribution is 9.10. The zero-order chi connectivity index (χ0) is 13.1. The molecule has 0 aliphatic carbocycles. The van der Waals surface area contributed by atoms with Crippen LogP contribution in [0.5, 0.6) is 5.75 Å². The highest BCUT2D eigenvalue weighted by atomic mass is 79.9. The Kier molecular flexibility index (Phi) is 4.75. The maximum Gasteiger partial charge on any atom is 0.123 e. The SMILES string of the molecule is Cc1cc(OCCC=O)c(C(C)(C)C)cc1Br. The third-order valence-electron chi connectivity index (χ3n) is 2.56. The van der Waals surface area contributed by atoms with E-state index in [-0.39, 0.29) is 5.41 Å². The number of carbonyl (C=O) groups is 1. The van der Waals surface area contributed by atoms with Gasteiger partial charge in [-0.2, -0.15) is 0 Å². The molecule has 0 fully saturated rings. The summed E-state index contributed by atoms with van der Waals surface area (Å²) in [4.78, 5) is 10.3. The molecule has 94 valence electrons. The maximum absolute atomic E-state index is 10.3. The van der Waals surface area contributed by atoms with Crippen molar-refractivity contribution in [2.45, 2.75) is 39.5 Å².